The largest absolute Gasteiger partial charge is 0.468 e. The fourth-order valence-electron chi connectivity index (χ4n) is 1.34. The Labute approximate surface area is 97.9 Å². The average Bonchev–Trinajstić information content (AvgIpc) is 2.84. The molecule has 0 aromatic carbocycles. The highest BCUT2D eigenvalue weighted by molar-refractivity contribution is 7.16. The molecule has 2 rings (SSSR count). The van der Waals surface area contributed by atoms with Crippen molar-refractivity contribution in [3.63, 3.8) is 0 Å². The smallest absolute Gasteiger partial charge is 0.120 e. The van der Waals surface area contributed by atoms with Crippen molar-refractivity contribution >= 4 is 22.9 Å². The molecule has 2 nitrogen and oxygen atoms in total. The molecule has 15 heavy (non-hydrogen) atoms. The number of rotatable bonds is 4. The molecule has 2 aromatic rings. The minimum atomic E-state index is 0.223. The topological polar surface area (TPSA) is 25.2 Å². The second-order valence-corrected chi connectivity index (χ2v) is 5.12. The molecule has 80 valence electrons. The average molecular weight is 242 g/mol. The first kappa shape index (κ1) is 10.7. The van der Waals surface area contributed by atoms with E-state index >= 15 is 0 Å². The lowest BCUT2D eigenvalue weighted by atomic mass is 10.2. The lowest BCUT2D eigenvalue weighted by molar-refractivity contribution is 0.431. The quantitative estimate of drug-likeness (QED) is 0.880. The van der Waals surface area contributed by atoms with E-state index in [9.17, 15) is 0 Å². The van der Waals surface area contributed by atoms with Gasteiger partial charge in [-0.25, -0.2) is 0 Å². The predicted molar refractivity (Wildman–Crippen MR) is 63.3 cm³/mol. The van der Waals surface area contributed by atoms with E-state index in [1.54, 1.807) is 17.6 Å². The molecule has 0 spiro atoms. The van der Waals surface area contributed by atoms with Gasteiger partial charge in [0, 0.05) is 11.4 Å². The zero-order valence-electron chi connectivity index (χ0n) is 8.37. The first-order valence-corrected chi connectivity index (χ1v) is 5.96. The molecule has 2 aromatic heterocycles. The van der Waals surface area contributed by atoms with Gasteiger partial charge in [-0.05, 0) is 31.2 Å². The SMILES string of the molecule is C[C@@H](NCc1ccc(Cl)s1)c1ccco1. The van der Waals surface area contributed by atoms with Gasteiger partial charge in [-0.2, -0.15) is 0 Å². The Bertz CT molecular complexity index is 410. The summed E-state index contributed by atoms with van der Waals surface area (Å²) in [5, 5.41) is 3.37. The lowest BCUT2D eigenvalue weighted by Crippen LogP contribution is -2.16. The van der Waals surface area contributed by atoms with Gasteiger partial charge in [-0.1, -0.05) is 11.6 Å². The standard InChI is InChI=1S/C11H12ClNOS/c1-8(10-3-2-6-14-10)13-7-9-4-5-11(12)15-9/h2-6,8,13H,7H2,1H3/t8-/m1/s1. The molecule has 0 radical (unpaired) electrons. The second kappa shape index (κ2) is 4.84. The lowest BCUT2D eigenvalue weighted by Gasteiger charge is -2.09. The number of hydrogen-bond acceptors (Lipinski definition) is 3. The third-order valence-electron chi connectivity index (χ3n) is 2.18. The molecule has 0 unspecified atom stereocenters. The Morgan fingerprint density at radius 3 is 2.93 bits per heavy atom. The van der Waals surface area contributed by atoms with Gasteiger partial charge in [0.2, 0.25) is 0 Å². The highest BCUT2D eigenvalue weighted by atomic mass is 35.5. The maximum atomic E-state index is 5.85. The van der Waals surface area contributed by atoms with Crippen LogP contribution in [0.2, 0.25) is 4.34 Å². The van der Waals surface area contributed by atoms with Crippen LogP contribution >= 0.6 is 22.9 Å². The van der Waals surface area contributed by atoms with Crippen molar-refractivity contribution in [2.24, 2.45) is 0 Å². The van der Waals surface area contributed by atoms with Crippen LogP contribution in [0.1, 0.15) is 23.6 Å². The van der Waals surface area contributed by atoms with E-state index in [2.05, 4.69) is 12.2 Å². The zero-order chi connectivity index (χ0) is 10.7. The number of halogens is 1. The van der Waals surface area contributed by atoms with Crippen molar-refractivity contribution < 1.29 is 4.42 Å². The molecule has 1 atom stereocenters. The summed E-state index contributed by atoms with van der Waals surface area (Å²) in [5.74, 6) is 0.956. The highest BCUT2D eigenvalue weighted by Crippen LogP contribution is 2.22. The van der Waals surface area contributed by atoms with Crippen LogP contribution in [0.3, 0.4) is 0 Å². The molecule has 0 fully saturated rings. The molecule has 0 amide bonds. The van der Waals surface area contributed by atoms with Gasteiger partial charge in [0.25, 0.3) is 0 Å². The number of nitrogens with one attached hydrogen (secondary N) is 1. The van der Waals surface area contributed by atoms with Gasteiger partial charge < -0.3 is 9.73 Å². The fraction of sp³-hybridized carbons (Fsp3) is 0.273. The van der Waals surface area contributed by atoms with Gasteiger partial charge in [0.15, 0.2) is 0 Å². The van der Waals surface area contributed by atoms with E-state index in [4.69, 9.17) is 16.0 Å². The van der Waals surface area contributed by atoms with Crippen molar-refractivity contribution in [2.75, 3.05) is 0 Å². The van der Waals surface area contributed by atoms with E-state index in [1.165, 1.54) is 4.88 Å². The summed E-state index contributed by atoms with van der Waals surface area (Å²) in [5.41, 5.74) is 0. The van der Waals surface area contributed by atoms with Crippen LogP contribution in [0, 0.1) is 0 Å². The second-order valence-electron chi connectivity index (χ2n) is 3.32. The van der Waals surface area contributed by atoms with Crippen LogP contribution in [-0.4, -0.2) is 0 Å². The number of thiophene rings is 1. The minimum Gasteiger partial charge on any atom is -0.468 e. The van der Waals surface area contributed by atoms with Crippen molar-refractivity contribution in [1.82, 2.24) is 5.32 Å². The van der Waals surface area contributed by atoms with Crippen LogP contribution in [0.15, 0.2) is 34.9 Å². The molecule has 0 saturated heterocycles. The molecular formula is C11H12ClNOS. The van der Waals surface area contributed by atoms with Gasteiger partial charge in [-0.3, -0.25) is 0 Å². The Kier molecular flexibility index (Phi) is 3.46. The highest BCUT2D eigenvalue weighted by Gasteiger charge is 2.07. The summed E-state index contributed by atoms with van der Waals surface area (Å²) in [6.07, 6.45) is 1.69. The molecule has 0 aliphatic carbocycles. The third-order valence-corrected chi connectivity index (χ3v) is 3.41. The molecule has 1 N–H and O–H groups in total. The van der Waals surface area contributed by atoms with E-state index in [0.717, 1.165) is 16.6 Å². The monoisotopic (exact) mass is 241 g/mol. The zero-order valence-corrected chi connectivity index (χ0v) is 9.94. The van der Waals surface area contributed by atoms with Gasteiger partial charge in [0.05, 0.1) is 16.6 Å². The van der Waals surface area contributed by atoms with Crippen molar-refractivity contribution in [3.8, 4) is 0 Å². The maximum Gasteiger partial charge on any atom is 0.120 e. The Balaban J connectivity index is 1.88. The van der Waals surface area contributed by atoms with Crippen molar-refractivity contribution in [3.05, 3.63) is 45.5 Å². The van der Waals surface area contributed by atoms with Crippen molar-refractivity contribution in [2.45, 2.75) is 19.5 Å². The molecule has 4 heteroatoms. The predicted octanol–water partition coefficient (Wildman–Crippen LogP) is 3.85. The normalized spacial score (nSPS) is 12.9. The first-order valence-electron chi connectivity index (χ1n) is 4.76. The molecule has 0 bridgehead atoms. The Hall–Kier alpha value is -0.770. The van der Waals surface area contributed by atoms with E-state index in [-0.39, 0.29) is 6.04 Å². The van der Waals surface area contributed by atoms with Crippen LogP contribution in [-0.2, 0) is 6.54 Å². The summed E-state index contributed by atoms with van der Waals surface area (Å²) in [4.78, 5) is 1.23. The molecule has 0 aliphatic heterocycles. The minimum absolute atomic E-state index is 0.223. The third kappa shape index (κ3) is 2.84. The molecule has 0 saturated carbocycles. The van der Waals surface area contributed by atoms with E-state index < -0.39 is 0 Å². The Morgan fingerprint density at radius 2 is 2.33 bits per heavy atom. The van der Waals surface area contributed by atoms with Gasteiger partial charge in [0.1, 0.15) is 5.76 Å². The van der Waals surface area contributed by atoms with E-state index in [0.29, 0.717) is 0 Å². The van der Waals surface area contributed by atoms with E-state index in [1.807, 2.05) is 24.3 Å². The van der Waals surface area contributed by atoms with Crippen LogP contribution in [0.5, 0.6) is 0 Å². The summed E-state index contributed by atoms with van der Waals surface area (Å²) >= 11 is 7.45. The van der Waals surface area contributed by atoms with Crippen LogP contribution in [0.25, 0.3) is 0 Å². The molecule has 2 heterocycles. The molecule has 0 aliphatic rings. The maximum absolute atomic E-state index is 5.85. The van der Waals surface area contributed by atoms with Crippen molar-refractivity contribution in [1.29, 1.82) is 0 Å². The summed E-state index contributed by atoms with van der Waals surface area (Å²) in [6.45, 7) is 2.90. The van der Waals surface area contributed by atoms with Crippen LogP contribution < -0.4 is 5.32 Å². The number of hydrogen-bond donors (Lipinski definition) is 1. The summed E-state index contributed by atoms with van der Waals surface area (Å²) in [6, 6.07) is 8.05. The Morgan fingerprint density at radius 1 is 1.47 bits per heavy atom. The summed E-state index contributed by atoms with van der Waals surface area (Å²) in [7, 11) is 0. The van der Waals surface area contributed by atoms with Crippen LogP contribution in [0.4, 0.5) is 0 Å². The molecular weight excluding hydrogens is 230 g/mol. The fourth-order valence-corrected chi connectivity index (χ4v) is 2.38. The first-order chi connectivity index (χ1) is 7.25. The summed E-state index contributed by atoms with van der Waals surface area (Å²) < 4.78 is 6.13. The van der Waals surface area contributed by atoms with Gasteiger partial charge >= 0.3 is 0 Å². The van der Waals surface area contributed by atoms with Gasteiger partial charge in [-0.15, -0.1) is 11.3 Å². The number of furan rings is 1.